The highest BCUT2D eigenvalue weighted by Crippen LogP contribution is 2.26. The molecule has 0 unspecified atom stereocenters. The molecule has 0 atom stereocenters. The number of rotatable bonds is 4. The molecule has 0 aliphatic heterocycles. The van der Waals surface area contributed by atoms with Crippen LogP contribution in [-0.4, -0.2) is 18.5 Å². The molecule has 0 amide bonds. The van der Waals surface area contributed by atoms with Crippen molar-refractivity contribution in [1.82, 2.24) is 5.32 Å². The Hall–Kier alpha value is -0.800. The smallest absolute Gasteiger partial charge is 0.169 e. The summed E-state index contributed by atoms with van der Waals surface area (Å²) in [4.78, 5) is 0. The average Bonchev–Trinajstić information content (AvgIpc) is 2.24. The second kappa shape index (κ2) is 5.02. The summed E-state index contributed by atoms with van der Waals surface area (Å²) in [6, 6.07) is 5.61. The highest BCUT2D eigenvalue weighted by molar-refractivity contribution is 6.21. The van der Waals surface area contributed by atoms with Crippen LogP contribution in [-0.2, 0) is 6.54 Å². The second-order valence-corrected chi connectivity index (χ2v) is 4.70. The topological polar surface area (TPSA) is 21.3 Å². The Morgan fingerprint density at radius 1 is 1.50 bits per heavy atom. The van der Waals surface area contributed by atoms with E-state index in [4.69, 9.17) is 16.3 Å². The molecule has 0 radical (unpaired) electrons. The summed E-state index contributed by atoms with van der Waals surface area (Å²) in [7, 11) is 1.47. The van der Waals surface area contributed by atoms with E-state index in [1.807, 2.05) is 0 Å². The number of methoxy groups -OCH3 is 1. The van der Waals surface area contributed by atoms with E-state index in [1.165, 1.54) is 7.11 Å². The molecule has 1 aromatic carbocycles. The lowest BCUT2D eigenvalue weighted by molar-refractivity contribution is 0.340. The third-order valence-electron chi connectivity index (χ3n) is 2.92. The number of benzene rings is 1. The summed E-state index contributed by atoms with van der Waals surface area (Å²) in [5, 5.41) is 3.56. The Morgan fingerprint density at radius 2 is 2.25 bits per heavy atom. The number of alkyl halides is 1. The van der Waals surface area contributed by atoms with Crippen LogP contribution in [0.15, 0.2) is 18.2 Å². The second-order valence-electron chi connectivity index (χ2n) is 4.08. The molecule has 2 nitrogen and oxygen atoms in total. The van der Waals surface area contributed by atoms with Crippen molar-refractivity contribution < 1.29 is 9.13 Å². The number of hydrogen-bond acceptors (Lipinski definition) is 2. The van der Waals surface area contributed by atoms with Gasteiger partial charge in [-0.1, -0.05) is 12.1 Å². The zero-order valence-electron chi connectivity index (χ0n) is 9.17. The largest absolute Gasteiger partial charge is 0.494 e. The Kier molecular flexibility index (Phi) is 3.66. The standard InChI is InChI=1S/C12H15ClFNO/c1-16-11-4-2-3-8(12(11)14)7-15-10-5-9(13)6-10/h2-4,9-10,15H,5-7H2,1H3. The van der Waals surface area contributed by atoms with E-state index < -0.39 is 0 Å². The molecule has 0 heterocycles. The molecule has 0 bridgehead atoms. The fourth-order valence-electron chi connectivity index (χ4n) is 1.82. The zero-order chi connectivity index (χ0) is 11.5. The fraction of sp³-hybridized carbons (Fsp3) is 0.500. The van der Waals surface area contributed by atoms with Crippen LogP contribution < -0.4 is 10.1 Å². The summed E-state index contributed by atoms with van der Waals surface area (Å²) < 4.78 is 18.7. The first kappa shape index (κ1) is 11.7. The molecule has 1 aliphatic rings. The molecular weight excluding hydrogens is 229 g/mol. The van der Waals surface area contributed by atoms with Crippen molar-refractivity contribution in [3.05, 3.63) is 29.6 Å². The van der Waals surface area contributed by atoms with Gasteiger partial charge in [-0.25, -0.2) is 4.39 Å². The number of halogens is 2. The van der Waals surface area contributed by atoms with Crippen LogP contribution in [0.1, 0.15) is 18.4 Å². The van der Waals surface area contributed by atoms with Gasteiger partial charge in [0.2, 0.25) is 0 Å². The van der Waals surface area contributed by atoms with Crippen molar-refractivity contribution in [2.75, 3.05) is 7.11 Å². The zero-order valence-corrected chi connectivity index (χ0v) is 9.93. The molecule has 1 fully saturated rings. The van der Waals surface area contributed by atoms with Crippen LogP contribution in [0.2, 0.25) is 0 Å². The molecule has 1 aromatic rings. The van der Waals surface area contributed by atoms with Crippen molar-refractivity contribution in [2.45, 2.75) is 30.8 Å². The predicted molar refractivity (Wildman–Crippen MR) is 62.5 cm³/mol. The van der Waals surface area contributed by atoms with Crippen molar-refractivity contribution in [2.24, 2.45) is 0 Å². The van der Waals surface area contributed by atoms with E-state index in [1.54, 1.807) is 18.2 Å². The molecule has 0 saturated heterocycles. The summed E-state index contributed by atoms with van der Waals surface area (Å²) >= 11 is 5.87. The third-order valence-corrected chi connectivity index (χ3v) is 3.28. The molecule has 88 valence electrons. The van der Waals surface area contributed by atoms with Gasteiger partial charge in [0, 0.05) is 23.5 Å². The Labute approximate surface area is 99.7 Å². The summed E-state index contributed by atoms with van der Waals surface area (Å²) in [6.07, 6.45) is 1.93. The number of ether oxygens (including phenoxy) is 1. The van der Waals surface area contributed by atoms with Gasteiger partial charge in [0.1, 0.15) is 0 Å². The highest BCUT2D eigenvalue weighted by Gasteiger charge is 2.26. The van der Waals surface area contributed by atoms with E-state index in [-0.39, 0.29) is 11.2 Å². The van der Waals surface area contributed by atoms with Gasteiger partial charge in [-0.2, -0.15) is 0 Å². The quantitative estimate of drug-likeness (QED) is 0.821. The normalized spacial score (nSPS) is 23.9. The van der Waals surface area contributed by atoms with Crippen LogP contribution >= 0.6 is 11.6 Å². The lowest BCUT2D eigenvalue weighted by Gasteiger charge is -2.31. The van der Waals surface area contributed by atoms with E-state index >= 15 is 0 Å². The van der Waals surface area contributed by atoms with E-state index in [9.17, 15) is 4.39 Å². The van der Waals surface area contributed by atoms with E-state index in [0.29, 0.717) is 23.9 Å². The minimum atomic E-state index is -0.278. The van der Waals surface area contributed by atoms with Gasteiger partial charge in [-0.3, -0.25) is 0 Å². The highest BCUT2D eigenvalue weighted by atomic mass is 35.5. The predicted octanol–water partition coefficient (Wildman–Crippen LogP) is 2.69. The maximum absolute atomic E-state index is 13.7. The summed E-state index contributed by atoms with van der Waals surface area (Å²) in [6.45, 7) is 0.525. The Balaban J connectivity index is 1.93. The van der Waals surface area contributed by atoms with E-state index in [0.717, 1.165) is 12.8 Å². The Morgan fingerprint density at radius 3 is 2.88 bits per heavy atom. The van der Waals surface area contributed by atoms with Crippen molar-refractivity contribution >= 4 is 11.6 Å². The van der Waals surface area contributed by atoms with Crippen molar-refractivity contribution in [3.8, 4) is 5.75 Å². The molecular formula is C12H15ClFNO. The van der Waals surface area contributed by atoms with Gasteiger partial charge in [0.05, 0.1) is 7.11 Å². The SMILES string of the molecule is COc1cccc(CNC2CC(Cl)C2)c1F. The molecule has 0 aromatic heterocycles. The fourth-order valence-corrected chi connectivity index (χ4v) is 2.25. The molecule has 1 saturated carbocycles. The summed E-state index contributed by atoms with van der Waals surface area (Å²) in [5.74, 6) is 0.0161. The van der Waals surface area contributed by atoms with Gasteiger partial charge < -0.3 is 10.1 Å². The molecule has 4 heteroatoms. The van der Waals surface area contributed by atoms with Crippen LogP contribution in [0.3, 0.4) is 0 Å². The van der Waals surface area contributed by atoms with Crippen LogP contribution in [0.4, 0.5) is 4.39 Å². The van der Waals surface area contributed by atoms with Gasteiger partial charge in [-0.15, -0.1) is 11.6 Å². The van der Waals surface area contributed by atoms with Crippen molar-refractivity contribution in [1.29, 1.82) is 0 Å². The van der Waals surface area contributed by atoms with Gasteiger partial charge in [0.15, 0.2) is 11.6 Å². The van der Waals surface area contributed by atoms with Crippen LogP contribution in [0.5, 0.6) is 5.75 Å². The lowest BCUT2D eigenvalue weighted by atomic mass is 9.92. The van der Waals surface area contributed by atoms with Gasteiger partial charge >= 0.3 is 0 Å². The molecule has 0 spiro atoms. The first-order chi connectivity index (χ1) is 7.70. The van der Waals surface area contributed by atoms with Crippen LogP contribution in [0.25, 0.3) is 0 Å². The minimum absolute atomic E-state index is 0.278. The first-order valence-corrected chi connectivity index (χ1v) is 5.83. The average molecular weight is 244 g/mol. The molecule has 1 N–H and O–H groups in total. The molecule has 1 aliphatic carbocycles. The van der Waals surface area contributed by atoms with Crippen LogP contribution in [0, 0.1) is 5.82 Å². The first-order valence-electron chi connectivity index (χ1n) is 5.39. The third kappa shape index (κ3) is 2.47. The number of hydrogen-bond donors (Lipinski definition) is 1. The molecule has 2 rings (SSSR count). The van der Waals surface area contributed by atoms with Gasteiger partial charge in [0.25, 0.3) is 0 Å². The summed E-state index contributed by atoms with van der Waals surface area (Å²) in [5.41, 5.74) is 0.636. The van der Waals surface area contributed by atoms with Gasteiger partial charge in [-0.05, 0) is 18.9 Å². The number of nitrogens with one attached hydrogen (secondary N) is 1. The maximum Gasteiger partial charge on any atom is 0.169 e. The lowest BCUT2D eigenvalue weighted by Crippen LogP contribution is -2.41. The monoisotopic (exact) mass is 243 g/mol. The van der Waals surface area contributed by atoms with E-state index in [2.05, 4.69) is 5.32 Å². The van der Waals surface area contributed by atoms with Crippen molar-refractivity contribution in [3.63, 3.8) is 0 Å². The molecule has 16 heavy (non-hydrogen) atoms. The Bertz CT molecular complexity index is 366. The maximum atomic E-state index is 13.7. The minimum Gasteiger partial charge on any atom is -0.494 e.